The molecule has 88 valence electrons. The standard InChI is InChI=1S/C11H21NO3/c1-5-6-7-11(15,8-10(13)14)9-12(2,3)4/h6-7,15H,5,8-9H2,1-4H3/t11-/m1/s1. The average Bonchev–Trinajstić information content (AvgIpc) is 1.95. The van der Waals surface area contributed by atoms with Crippen molar-refractivity contribution >= 4 is 5.97 Å². The predicted molar refractivity (Wildman–Crippen MR) is 56.9 cm³/mol. The third kappa shape index (κ3) is 7.11. The number of hydrogen-bond donors (Lipinski definition) is 1. The van der Waals surface area contributed by atoms with Crippen molar-refractivity contribution in [1.29, 1.82) is 0 Å². The molecule has 0 rings (SSSR count). The lowest BCUT2D eigenvalue weighted by Gasteiger charge is -2.34. The Labute approximate surface area is 91.4 Å². The number of carbonyl (C=O) groups excluding carboxylic acids is 1. The molecule has 1 N–H and O–H groups in total. The minimum absolute atomic E-state index is 0.345. The fraction of sp³-hybridized carbons (Fsp3) is 0.727. The molecule has 0 aliphatic heterocycles. The van der Waals surface area contributed by atoms with Gasteiger partial charge in [-0.1, -0.05) is 19.1 Å². The van der Waals surface area contributed by atoms with Gasteiger partial charge in [0.1, 0.15) is 12.1 Å². The van der Waals surface area contributed by atoms with Gasteiger partial charge >= 0.3 is 0 Å². The molecule has 0 heterocycles. The van der Waals surface area contributed by atoms with Gasteiger partial charge in [-0.25, -0.2) is 0 Å². The number of hydrogen-bond acceptors (Lipinski definition) is 3. The summed E-state index contributed by atoms with van der Waals surface area (Å²) in [4.78, 5) is 10.6. The van der Waals surface area contributed by atoms with Crippen LogP contribution in [0.25, 0.3) is 0 Å². The Morgan fingerprint density at radius 1 is 1.47 bits per heavy atom. The maximum absolute atomic E-state index is 10.6. The second-order valence-corrected chi connectivity index (χ2v) is 4.91. The van der Waals surface area contributed by atoms with Gasteiger partial charge in [-0.3, -0.25) is 0 Å². The number of likely N-dealkylation sites (N-methyl/N-ethyl adjacent to an activating group) is 1. The molecule has 4 nitrogen and oxygen atoms in total. The molecule has 0 saturated heterocycles. The summed E-state index contributed by atoms with van der Waals surface area (Å²) in [7, 11) is 5.71. The molecule has 4 heteroatoms. The van der Waals surface area contributed by atoms with Gasteiger partial charge in [-0.05, 0) is 6.42 Å². The lowest BCUT2D eigenvalue weighted by atomic mass is 9.97. The van der Waals surface area contributed by atoms with E-state index in [1.54, 1.807) is 12.2 Å². The SMILES string of the molecule is CCC=C[C@@](O)(CC(=O)[O-])C[N+](C)(C)C. The van der Waals surface area contributed by atoms with Crippen LogP contribution < -0.4 is 5.11 Å². The van der Waals surface area contributed by atoms with Gasteiger partial charge in [0.15, 0.2) is 0 Å². The number of aliphatic hydroxyl groups is 1. The van der Waals surface area contributed by atoms with Crippen LogP contribution in [0.3, 0.4) is 0 Å². The van der Waals surface area contributed by atoms with E-state index in [9.17, 15) is 15.0 Å². The first-order valence-corrected chi connectivity index (χ1v) is 5.09. The summed E-state index contributed by atoms with van der Waals surface area (Å²) in [6, 6.07) is 0. The maximum Gasteiger partial charge on any atom is 0.137 e. The summed E-state index contributed by atoms with van der Waals surface area (Å²) >= 11 is 0. The second-order valence-electron chi connectivity index (χ2n) is 4.91. The minimum atomic E-state index is -1.31. The Morgan fingerprint density at radius 3 is 2.33 bits per heavy atom. The van der Waals surface area contributed by atoms with Crippen LogP contribution in [0.1, 0.15) is 19.8 Å². The second kappa shape index (κ2) is 5.28. The van der Waals surface area contributed by atoms with Gasteiger partial charge in [-0.15, -0.1) is 0 Å². The third-order valence-corrected chi connectivity index (χ3v) is 1.86. The van der Waals surface area contributed by atoms with Crippen molar-refractivity contribution in [2.24, 2.45) is 0 Å². The smallest absolute Gasteiger partial charge is 0.137 e. The summed E-state index contributed by atoms with van der Waals surface area (Å²) in [6.07, 6.45) is 3.75. The lowest BCUT2D eigenvalue weighted by Crippen LogP contribution is -2.50. The number of carboxylic acid groups (broad SMARTS) is 1. The summed E-state index contributed by atoms with van der Waals surface area (Å²) in [6.45, 7) is 2.28. The Kier molecular flexibility index (Phi) is 4.97. The molecule has 0 spiro atoms. The van der Waals surface area contributed by atoms with Gasteiger partial charge in [0, 0.05) is 12.4 Å². The monoisotopic (exact) mass is 215 g/mol. The lowest BCUT2D eigenvalue weighted by molar-refractivity contribution is -0.876. The van der Waals surface area contributed by atoms with Gasteiger partial charge in [0.05, 0.1) is 21.1 Å². The molecule has 0 aliphatic carbocycles. The Balaban J connectivity index is 4.69. The van der Waals surface area contributed by atoms with Gasteiger partial charge in [0.25, 0.3) is 0 Å². The first-order chi connectivity index (χ1) is 6.68. The van der Waals surface area contributed by atoms with E-state index in [1.807, 2.05) is 28.1 Å². The third-order valence-electron chi connectivity index (χ3n) is 1.86. The molecule has 0 fully saturated rings. The number of carboxylic acids is 1. The predicted octanol–water partition coefficient (Wildman–Crippen LogP) is -0.470. The summed E-state index contributed by atoms with van der Waals surface area (Å²) in [5.74, 6) is -1.23. The van der Waals surface area contributed by atoms with Crippen LogP contribution in [-0.4, -0.2) is 48.8 Å². The van der Waals surface area contributed by atoms with E-state index in [0.29, 0.717) is 11.0 Å². The van der Waals surface area contributed by atoms with Crippen LogP contribution in [0.15, 0.2) is 12.2 Å². The number of allylic oxidation sites excluding steroid dienone is 1. The first-order valence-electron chi connectivity index (χ1n) is 5.09. The van der Waals surface area contributed by atoms with Gasteiger partial charge in [-0.2, -0.15) is 0 Å². The molecule has 0 aliphatic rings. The number of carbonyl (C=O) groups is 1. The number of aliphatic carboxylic acids is 1. The summed E-state index contributed by atoms with van der Waals surface area (Å²) in [5, 5.41) is 20.7. The molecule has 0 radical (unpaired) electrons. The quantitative estimate of drug-likeness (QED) is 0.481. The van der Waals surface area contributed by atoms with E-state index in [1.165, 1.54) is 0 Å². The van der Waals surface area contributed by atoms with Crippen LogP contribution in [0, 0.1) is 0 Å². The molecular weight excluding hydrogens is 194 g/mol. The van der Waals surface area contributed by atoms with Gasteiger partial charge < -0.3 is 19.5 Å². The van der Waals surface area contributed by atoms with Crippen molar-refractivity contribution in [3.63, 3.8) is 0 Å². The van der Waals surface area contributed by atoms with E-state index in [2.05, 4.69) is 0 Å². The van der Waals surface area contributed by atoms with Crippen molar-refractivity contribution in [3.05, 3.63) is 12.2 Å². The topological polar surface area (TPSA) is 60.4 Å². The summed E-state index contributed by atoms with van der Waals surface area (Å²) in [5.41, 5.74) is -1.31. The number of rotatable bonds is 6. The van der Waals surface area contributed by atoms with Crippen LogP contribution in [0.5, 0.6) is 0 Å². The van der Waals surface area contributed by atoms with E-state index >= 15 is 0 Å². The molecule has 0 aromatic rings. The van der Waals surface area contributed by atoms with E-state index in [4.69, 9.17) is 0 Å². The molecule has 0 saturated carbocycles. The van der Waals surface area contributed by atoms with Gasteiger partial charge in [0.2, 0.25) is 0 Å². The molecular formula is C11H21NO3. The first kappa shape index (κ1) is 14.1. The maximum atomic E-state index is 10.6. The Hall–Kier alpha value is -0.870. The molecule has 0 aromatic heterocycles. The highest BCUT2D eigenvalue weighted by Crippen LogP contribution is 2.16. The molecule has 0 amide bonds. The largest absolute Gasteiger partial charge is 0.550 e. The molecule has 0 aromatic carbocycles. The minimum Gasteiger partial charge on any atom is -0.550 e. The molecule has 15 heavy (non-hydrogen) atoms. The zero-order chi connectivity index (χ0) is 12.1. The number of nitrogens with zero attached hydrogens (tertiary/aromatic N) is 1. The van der Waals surface area contributed by atoms with Crippen molar-refractivity contribution < 1.29 is 19.5 Å². The summed E-state index contributed by atoms with van der Waals surface area (Å²) < 4.78 is 0.498. The zero-order valence-electron chi connectivity index (χ0n) is 9.99. The van der Waals surface area contributed by atoms with Crippen molar-refractivity contribution in [2.45, 2.75) is 25.4 Å². The number of quaternary nitrogens is 1. The van der Waals surface area contributed by atoms with Crippen LogP contribution >= 0.6 is 0 Å². The Bertz CT molecular complexity index is 243. The molecule has 0 bridgehead atoms. The normalized spacial score (nSPS) is 16.6. The highest BCUT2D eigenvalue weighted by molar-refractivity contribution is 5.66. The molecule has 1 atom stereocenters. The van der Waals surface area contributed by atoms with E-state index in [0.717, 1.165) is 6.42 Å². The van der Waals surface area contributed by atoms with Crippen LogP contribution in [0.4, 0.5) is 0 Å². The highest BCUT2D eigenvalue weighted by Gasteiger charge is 2.30. The average molecular weight is 215 g/mol. The van der Waals surface area contributed by atoms with Crippen LogP contribution in [0.2, 0.25) is 0 Å². The zero-order valence-corrected chi connectivity index (χ0v) is 9.99. The van der Waals surface area contributed by atoms with E-state index < -0.39 is 11.6 Å². The van der Waals surface area contributed by atoms with Crippen molar-refractivity contribution in [3.8, 4) is 0 Å². The fourth-order valence-electron chi connectivity index (χ4n) is 1.58. The highest BCUT2D eigenvalue weighted by atomic mass is 16.4. The Morgan fingerprint density at radius 2 is 2.00 bits per heavy atom. The van der Waals surface area contributed by atoms with Crippen molar-refractivity contribution in [2.75, 3.05) is 27.7 Å². The van der Waals surface area contributed by atoms with E-state index in [-0.39, 0.29) is 6.42 Å². The van der Waals surface area contributed by atoms with Crippen LogP contribution in [-0.2, 0) is 4.79 Å². The molecule has 0 unspecified atom stereocenters. The van der Waals surface area contributed by atoms with Crippen molar-refractivity contribution in [1.82, 2.24) is 0 Å². The fourth-order valence-corrected chi connectivity index (χ4v) is 1.58.